The first kappa shape index (κ1) is 15.6. The molecule has 0 aromatic heterocycles. The van der Waals surface area contributed by atoms with Crippen molar-refractivity contribution >= 4 is 11.8 Å². The molecule has 1 heterocycles. The zero-order chi connectivity index (χ0) is 15.5. The Hall–Kier alpha value is -1.75. The molecule has 5 nitrogen and oxygen atoms in total. The van der Waals surface area contributed by atoms with Gasteiger partial charge in [0.25, 0.3) is 0 Å². The zero-order valence-corrected chi connectivity index (χ0v) is 13.2. The summed E-state index contributed by atoms with van der Waals surface area (Å²) in [4.78, 5) is 11.9. The summed E-state index contributed by atoms with van der Waals surface area (Å²) in [5.41, 5.74) is 1.17. The van der Waals surface area contributed by atoms with E-state index in [0.717, 1.165) is 30.8 Å². The van der Waals surface area contributed by atoms with Crippen LogP contribution < -0.4 is 15.4 Å². The van der Waals surface area contributed by atoms with Gasteiger partial charge in [-0.2, -0.15) is 0 Å². The van der Waals surface area contributed by atoms with Crippen molar-refractivity contribution < 1.29 is 14.3 Å². The molecule has 1 aromatic rings. The lowest BCUT2D eigenvalue weighted by Crippen LogP contribution is -2.27. The predicted molar refractivity (Wildman–Crippen MR) is 82.9 cm³/mol. The number of benzene rings is 1. The fraction of sp³-hybridized carbons (Fsp3) is 0.562. The minimum atomic E-state index is -0.512. The Morgan fingerprint density at radius 3 is 2.76 bits per heavy atom. The molecule has 0 aliphatic carbocycles. The van der Waals surface area contributed by atoms with E-state index in [1.54, 1.807) is 0 Å². The van der Waals surface area contributed by atoms with Gasteiger partial charge in [0.2, 0.25) is 0 Å². The van der Waals surface area contributed by atoms with E-state index in [9.17, 15) is 4.79 Å². The van der Waals surface area contributed by atoms with Crippen LogP contribution in [-0.4, -0.2) is 30.9 Å². The van der Waals surface area contributed by atoms with Crippen LogP contribution in [-0.2, 0) is 4.74 Å². The highest BCUT2D eigenvalue weighted by Crippen LogP contribution is 2.24. The number of amides is 1. The third-order valence-electron chi connectivity index (χ3n) is 3.16. The van der Waals surface area contributed by atoms with Crippen LogP contribution >= 0.6 is 0 Å². The van der Waals surface area contributed by atoms with Crippen molar-refractivity contribution in [3.05, 3.63) is 23.8 Å². The van der Waals surface area contributed by atoms with Crippen molar-refractivity contribution in [3.8, 4) is 5.75 Å². The quantitative estimate of drug-likeness (QED) is 0.899. The summed E-state index contributed by atoms with van der Waals surface area (Å²) in [5.74, 6) is 0.764. The molecule has 5 heteroatoms. The molecule has 2 rings (SSSR count). The van der Waals surface area contributed by atoms with Gasteiger partial charge in [-0.1, -0.05) is 6.07 Å². The van der Waals surface area contributed by atoms with Crippen LogP contribution in [0.2, 0.25) is 0 Å². The van der Waals surface area contributed by atoms with E-state index in [4.69, 9.17) is 9.47 Å². The van der Waals surface area contributed by atoms with Crippen molar-refractivity contribution in [2.75, 3.05) is 18.4 Å². The Bertz CT molecular complexity index is 503. The normalized spacial score (nSPS) is 18.4. The van der Waals surface area contributed by atoms with Crippen molar-refractivity contribution in [2.45, 2.75) is 45.8 Å². The molecular formula is C16H24N2O3. The van der Waals surface area contributed by atoms with Crippen LogP contribution in [0.25, 0.3) is 0 Å². The maximum absolute atomic E-state index is 11.9. The number of carbonyl (C=O) groups is 1. The maximum Gasteiger partial charge on any atom is 0.412 e. The van der Waals surface area contributed by atoms with E-state index >= 15 is 0 Å². The molecule has 1 amide bonds. The average Bonchev–Trinajstić information content (AvgIpc) is 2.84. The molecule has 0 radical (unpaired) electrons. The second kappa shape index (κ2) is 6.35. The third-order valence-corrected chi connectivity index (χ3v) is 3.16. The van der Waals surface area contributed by atoms with Crippen molar-refractivity contribution in [3.63, 3.8) is 0 Å². The van der Waals surface area contributed by atoms with Gasteiger partial charge < -0.3 is 14.8 Å². The minimum Gasteiger partial charge on any atom is -0.489 e. The van der Waals surface area contributed by atoms with Crippen LogP contribution in [0.4, 0.5) is 10.5 Å². The number of rotatable bonds is 3. The smallest absolute Gasteiger partial charge is 0.412 e. The summed E-state index contributed by atoms with van der Waals surface area (Å²) in [6.45, 7) is 9.31. The number of nitrogens with one attached hydrogen (secondary N) is 2. The maximum atomic E-state index is 11.9. The molecule has 2 N–H and O–H groups in total. The van der Waals surface area contributed by atoms with E-state index in [-0.39, 0.29) is 6.10 Å². The van der Waals surface area contributed by atoms with Gasteiger partial charge in [-0.25, -0.2) is 4.79 Å². The Labute approximate surface area is 126 Å². The first-order valence-electron chi connectivity index (χ1n) is 7.31. The second-order valence-corrected chi connectivity index (χ2v) is 6.34. The van der Waals surface area contributed by atoms with Gasteiger partial charge in [0.1, 0.15) is 17.5 Å². The molecule has 1 unspecified atom stereocenters. The number of hydrogen-bond acceptors (Lipinski definition) is 4. The summed E-state index contributed by atoms with van der Waals surface area (Å²) in [6.07, 6.45) is 0.746. The topological polar surface area (TPSA) is 59.6 Å². The molecule has 1 fully saturated rings. The number of carbonyl (C=O) groups excluding carboxylic acids is 1. The van der Waals surface area contributed by atoms with E-state index in [1.165, 1.54) is 0 Å². The van der Waals surface area contributed by atoms with Crippen molar-refractivity contribution in [1.82, 2.24) is 5.32 Å². The van der Waals surface area contributed by atoms with Crippen LogP contribution in [0, 0.1) is 6.92 Å². The highest BCUT2D eigenvalue weighted by atomic mass is 16.6. The van der Waals surface area contributed by atoms with Gasteiger partial charge in [0.15, 0.2) is 0 Å². The van der Waals surface area contributed by atoms with Crippen molar-refractivity contribution in [1.29, 1.82) is 0 Å². The lowest BCUT2D eigenvalue weighted by molar-refractivity contribution is 0.0636. The second-order valence-electron chi connectivity index (χ2n) is 6.34. The monoisotopic (exact) mass is 292 g/mol. The molecule has 1 saturated heterocycles. The van der Waals surface area contributed by atoms with Crippen LogP contribution in [0.3, 0.4) is 0 Å². The Morgan fingerprint density at radius 2 is 2.14 bits per heavy atom. The standard InChI is InChI=1S/C16H24N2O3/c1-11-5-6-12(20-13-7-8-17-10-13)9-14(11)18-15(19)21-16(2,3)4/h5-6,9,13,17H,7-8,10H2,1-4H3,(H,18,19). The fourth-order valence-electron chi connectivity index (χ4n) is 2.14. The summed E-state index contributed by atoms with van der Waals surface area (Å²) in [7, 11) is 0. The molecule has 1 atom stereocenters. The first-order valence-corrected chi connectivity index (χ1v) is 7.31. The minimum absolute atomic E-state index is 0.196. The van der Waals surface area contributed by atoms with E-state index in [0.29, 0.717) is 5.69 Å². The lowest BCUT2D eigenvalue weighted by Gasteiger charge is -2.20. The Kier molecular flexibility index (Phi) is 4.73. The summed E-state index contributed by atoms with van der Waals surface area (Å²) in [6, 6.07) is 5.70. The summed E-state index contributed by atoms with van der Waals surface area (Å²) < 4.78 is 11.2. The first-order chi connectivity index (χ1) is 9.83. The van der Waals surface area contributed by atoms with Gasteiger partial charge in [-0.3, -0.25) is 5.32 Å². The number of ether oxygens (including phenoxy) is 2. The van der Waals surface area contributed by atoms with Gasteiger partial charge in [0.05, 0.1) is 5.69 Å². The molecule has 0 saturated carbocycles. The van der Waals surface area contributed by atoms with E-state index in [1.807, 2.05) is 45.9 Å². The third kappa shape index (κ3) is 4.93. The molecule has 1 aliphatic rings. The molecule has 1 aliphatic heterocycles. The van der Waals surface area contributed by atoms with Gasteiger partial charge in [-0.05, 0) is 52.3 Å². The number of aryl methyl sites for hydroxylation is 1. The van der Waals surface area contributed by atoms with Crippen molar-refractivity contribution in [2.24, 2.45) is 0 Å². The van der Waals surface area contributed by atoms with Crippen LogP contribution in [0.1, 0.15) is 32.8 Å². The molecular weight excluding hydrogens is 268 g/mol. The van der Waals surface area contributed by atoms with E-state index < -0.39 is 11.7 Å². The molecule has 116 valence electrons. The molecule has 0 bridgehead atoms. The largest absolute Gasteiger partial charge is 0.489 e. The molecule has 1 aromatic carbocycles. The SMILES string of the molecule is Cc1ccc(OC2CCNC2)cc1NC(=O)OC(C)(C)C. The molecule has 0 spiro atoms. The van der Waals surface area contributed by atoms with Gasteiger partial charge in [0, 0.05) is 12.6 Å². The van der Waals surface area contributed by atoms with Gasteiger partial charge in [-0.15, -0.1) is 0 Å². The zero-order valence-electron chi connectivity index (χ0n) is 13.2. The molecule has 21 heavy (non-hydrogen) atoms. The highest BCUT2D eigenvalue weighted by molar-refractivity contribution is 5.86. The van der Waals surface area contributed by atoms with Crippen LogP contribution in [0.5, 0.6) is 5.75 Å². The average molecular weight is 292 g/mol. The van der Waals surface area contributed by atoms with Crippen LogP contribution in [0.15, 0.2) is 18.2 Å². The fourth-order valence-corrected chi connectivity index (χ4v) is 2.14. The summed E-state index contributed by atoms with van der Waals surface area (Å²) in [5, 5.41) is 6.04. The Balaban J connectivity index is 2.02. The van der Waals surface area contributed by atoms with Gasteiger partial charge >= 0.3 is 6.09 Å². The van der Waals surface area contributed by atoms with E-state index in [2.05, 4.69) is 10.6 Å². The Morgan fingerprint density at radius 1 is 1.38 bits per heavy atom. The summed E-state index contributed by atoms with van der Waals surface area (Å²) >= 11 is 0. The number of anilines is 1. The highest BCUT2D eigenvalue weighted by Gasteiger charge is 2.18. The number of hydrogen-bond donors (Lipinski definition) is 2. The predicted octanol–water partition coefficient (Wildman–Crippen LogP) is 3.08. The lowest BCUT2D eigenvalue weighted by atomic mass is 10.2.